The number of rotatable bonds is 11. The van der Waals surface area contributed by atoms with E-state index in [0.29, 0.717) is 30.0 Å². The van der Waals surface area contributed by atoms with Crippen molar-refractivity contribution in [1.82, 2.24) is 25.8 Å². The Hall–Kier alpha value is -4.32. The van der Waals surface area contributed by atoms with E-state index in [1.165, 1.54) is 11.9 Å². The molecule has 3 heterocycles. The summed E-state index contributed by atoms with van der Waals surface area (Å²) in [6, 6.07) is 9.75. The molecule has 6 rings (SSSR count). The number of hydrogen-bond donors (Lipinski definition) is 3. The molecule has 3 N–H and O–H groups in total. The molecule has 4 aliphatic rings. The number of amides is 4. The predicted molar refractivity (Wildman–Crippen MR) is 181 cm³/mol. The van der Waals surface area contributed by atoms with Crippen LogP contribution in [-0.4, -0.2) is 82.3 Å². The van der Waals surface area contributed by atoms with E-state index in [2.05, 4.69) is 26.1 Å². The van der Waals surface area contributed by atoms with Crippen LogP contribution in [0.15, 0.2) is 53.8 Å². The van der Waals surface area contributed by atoms with Gasteiger partial charge in [0, 0.05) is 54.2 Å². The molecule has 2 aliphatic carbocycles. The van der Waals surface area contributed by atoms with Crippen LogP contribution in [-0.2, 0) is 28.8 Å². The SMILES string of the molecule is CNC(=O)C(=O)[C@H](CC1CC1)NC(=O)[C@@H]1C[C@]2(CC(c3cccc(Cl)c3)=NO2)CN1C(=O)[C@@H](NC(=O)C1CC1c1ccccn1)C(C)(C)C. The van der Waals surface area contributed by atoms with Gasteiger partial charge in [0.15, 0.2) is 5.60 Å². The molecule has 1 saturated heterocycles. The van der Waals surface area contributed by atoms with Crippen molar-refractivity contribution in [1.29, 1.82) is 0 Å². The molecule has 1 aromatic heterocycles. The summed E-state index contributed by atoms with van der Waals surface area (Å²) in [5, 5.41) is 13.1. The van der Waals surface area contributed by atoms with Gasteiger partial charge in [-0.3, -0.25) is 29.0 Å². The number of nitrogens with one attached hydrogen (secondary N) is 3. The summed E-state index contributed by atoms with van der Waals surface area (Å²) in [5.74, 6) is -2.89. The van der Waals surface area contributed by atoms with Crippen LogP contribution in [0, 0.1) is 17.3 Å². The Morgan fingerprint density at radius 2 is 1.84 bits per heavy atom. The van der Waals surface area contributed by atoms with Gasteiger partial charge >= 0.3 is 0 Å². The molecular formula is C36H43ClN6O6. The van der Waals surface area contributed by atoms with Crippen molar-refractivity contribution >= 4 is 46.7 Å². The second-order valence-electron chi connectivity index (χ2n) is 14.9. The van der Waals surface area contributed by atoms with Crippen molar-refractivity contribution in [3.8, 4) is 0 Å². The molecule has 2 aromatic rings. The number of halogens is 1. The number of hydrogen-bond acceptors (Lipinski definition) is 8. The fourth-order valence-electron chi connectivity index (χ4n) is 6.89. The first kappa shape index (κ1) is 34.5. The number of aromatic nitrogens is 1. The van der Waals surface area contributed by atoms with Crippen LogP contribution in [0.4, 0.5) is 0 Å². The molecule has 2 unspecified atom stereocenters. The number of benzene rings is 1. The van der Waals surface area contributed by atoms with Crippen LogP contribution in [0.1, 0.15) is 76.5 Å². The smallest absolute Gasteiger partial charge is 0.289 e. The molecule has 6 atom stereocenters. The van der Waals surface area contributed by atoms with Crippen molar-refractivity contribution in [2.75, 3.05) is 13.6 Å². The minimum atomic E-state index is -1.05. The molecule has 0 bridgehead atoms. The van der Waals surface area contributed by atoms with E-state index in [0.717, 1.165) is 24.1 Å². The van der Waals surface area contributed by atoms with Crippen molar-refractivity contribution in [3.63, 3.8) is 0 Å². The summed E-state index contributed by atoms with van der Waals surface area (Å²) >= 11 is 6.24. The van der Waals surface area contributed by atoms with Gasteiger partial charge in [-0.05, 0) is 48.4 Å². The summed E-state index contributed by atoms with van der Waals surface area (Å²) in [6.45, 7) is 5.61. The van der Waals surface area contributed by atoms with Crippen LogP contribution >= 0.6 is 11.6 Å². The lowest BCUT2D eigenvalue weighted by molar-refractivity contribution is -0.145. The number of nitrogens with zero attached hydrogens (tertiary/aromatic N) is 3. The second-order valence-corrected chi connectivity index (χ2v) is 15.3. The topological polar surface area (TPSA) is 159 Å². The molecule has 2 aliphatic heterocycles. The molecule has 260 valence electrons. The lowest BCUT2D eigenvalue weighted by Crippen LogP contribution is -2.59. The predicted octanol–water partition coefficient (Wildman–Crippen LogP) is 3.13. The maximum Gasteiger partial charge on any atom is 0.289 e. The van der Waals surface area contributed by atoms with Crippen molar-refractivity contribution < 1.29 is 28.8 Å². The summed E-state index contributed by atoms with van der Waals surface area (Å²) in [7, 11) is 1.37. The van der Waals surface area contributed by atoms with Crippen LogP contribution in [0.3, 0.4) is 0 Å². The largest absolute Gasteiger partial charge is 0.387 e. The highest BCUT2D eigenvalue weighted by molar-refractivity contribution is 6.38. The molecular weight excluding hydrogens is 648 g/mol. The molecule has 49 heavy (non-hydrogen) atoms. The fourth-order valence-corrected chi connectivity index (χ4v) is 7.08. The van der Waals surface area contributed by atoms with Crippen LogP contribution in [0.2, 0.25) is 5.02 Å². The van der Waals surface area contributed by atoms with Gasteiger partial charge in [0.25, 0.3) is 5.91 Å². The van der Waals surface area contributed by atoms with Gasteiger partial charge in [0.2, 0.25) is 23.5 Å². The Labute approximate surface area is 290 Å². The van der Waals surface area contributed by atoms with Crippen molar-refractivity contribution in [2.24, 2.45) is 22.4 Å². The Kier molecular flexibility index (Phi) is 9.54. The molecule has 4 amide bonds. The fraction of sp³-hybridized carbons (Fsp3) is 0.528. The van der Waals surface area contributed by atoms with E-state index >= 15 is 0 Å². The number of oxime groups is 1. The van der Waals surface area contributed by atoms with Gasteiger partial charge in [-0.1, -0.05) is 68.6 Å². The Bertz CT molecular complexity index is 1670. The number of pyridine rings is 1. The Morgan fingerprint density at radius 3 is 2.49 bits per heavy atom. The number of Topliss-reactive ketones (excluding diaryl/α,β-unsaturated/α-hetero) is 1. The van der Waals surface area contributed by atoms with Gasteiger partial charge < -0.3 is 25.7 Å². The highest BCUT2D eigenvalue weighted by atomic mass is 35.5. The maximum absolute atomic E-state index is 14.6. The van der Waals surface area contributed by atoms with E-state index in [-0.39, 0.29) is 36.6 Å². The first-order chi connectivity index (χ1) is 23.3. The molecule has 2 saturated carbocycles. The highest BCUT2D eigenvalue weighted by Gasteiger charge is 2.56. The normalized spacial score (nSPS) is 25.5. The lowest BCUT2D eigenvalue weighted by atomic mass is 9.85. The molecule has 1 spiro atoms. The number of likely N-dealkylation sites (N-methyl/N-ethyl adjacent to an activating group) is 1. The van der Waals surface area contributed by atoms with Gasteiger partial charge in [-0.25, -0.2) is 0 Å². The lowest BCUT2D eigenvalue weighted by Gasteiger charge is -2.35. The summed E-state index contributed by atoms with van der Waals surface area (Å²) in [5.41, 5.74) is 0.482. The average molecular weight is 691 g/mol. The average Bonchev–Trinajstić information content (AvgIpc) is 4.00. The van der Waals surface area contributed by atoms with E-state index in [1.807, 2.05) is 51.1 Å². The van der Waals surface area contributed by atoms with E-state index in [9.17, 15) is 24.0 Å². The van der Waals surface area contributed by atoms with Gasteiger partial charge in [-0.2, -0.15) is 0 Å². The first-order valence-electron chi connectivity index (χ1n) is 16.9. The van der Waals surface area contributed by atoms with Gasteiger partial charge in [0.05, 0.1) is 18.3 Å². The summed E-state index contributed by atoms with van der Waals surface area (Å²) < 4.78 is 0. The van der Waals surface area contributed by atoms with Crippen LogP contribution in [0.25, 0.3) is 0 Å². The van der Waals surface area contributed by atoms with E-state index < -0.39 is 52.6 Å². The number of ketones is 1. The third kappa shape index (κ3) is 7.64. The summed E-state index contributed by atoms with van der Waals surface area (Å²) in [4.78, 5) is 79.6. The van der Waals surface area contributed by atoms with Gasteiger partial charge in [0.1, 0.15) is 12.1 Å². The monoisotopic (exact) mass is 690 g/mol. The second kappa shape index (κ2) is 13.5. The minimum Gasteiger partial charge on any atom is -0.387 e. The third-order valence-electron chi connectivity index (χ3n) is 9.93. The zero-order valence-corrected chi connectivity index (χ0v) is 29.0. The summed E-state index contributed by atoms with van der Waals surface area (Å²) in [6.07, 6.45) is 4.89. The zero-order chi connectivity index (χ0) is 35.1. The van der Waals surface area contributed by atoms with E-state index in [4.69, 9.17) is 16.4 Å². The molecule has 12 nitrogen and oxygen atoms in total. The minimum absolute atomic E-state index is 0.0244. The number of carbonyl (C=O) groups excluding carboxylic acids is 5. The third-order valence-corrected chi connectivity index (χ3v) is 10.2. The molecule has 13 heteroatoms. The zero-order valence-electron chi connectivity index (χ0n) is 28.2. The Balaban J connectivity index is 1.25. The highest BCUT2D eigenvalue weighted by Crippen LogP contribution is 2.47. The standard InChI is InChI=1S/C36H43ClN6O6/c1-35(2,3)30(41-31(45)24-16-23(24)25-10-5-6-13-39-25)34(48)43-19-36(17-27(42-49-36)21-8-7-9-22(37)15-21)18-28(43)32(46)40-26(14-20-11-12-20)29(44)33(47)38-4/h5-10,13,15,20,23-24,26,28,30H,11-12,14,16-19H2,1-4H3,(H,38,47)(H,40,46)(H,41,45)/t23?,24?,26-,28-,30+,36+/m0/s1. The molecule has 1 aromatic carbocycles. The van der Waals surface area contributed by atoms with Crippen molar-refractivity contribution in [2.45, 2.75) is 88.9 Å². The van der Waals surface area contributed by atoms with E-state index in [1.54, 1.807) is 18.3 Å². The van der Waals surface area contributed by atoms with Crippen LogP contribution < -0.4 is 16.0 Å². The maximum atomic E-state index is 14.6. The quantitative estimate of drug-likeness (QED) is 0.306. The molecule has 0 radical (unpaired) electrons. The molecule has 3 fully saturated rings. The van der Waals surface area contributed by atoms with Crippen molar-refractivity contribution in [3.05, 3.63) is 64.9 Å². The Morgan fingerprint density at radius 1 is 1.06 bits per heavy atom. The number of likely N-dealkylation sites (tertiary alicyclic amines) is 1. The van der Waals surface area contributed by atoms with Gasteiger partial charge in [-0.15, -0.1) is 0 Å². The first-order valence-corrected chi connectivity index (χ1v) is 17.3. The van der Waals surface area contributed by atoms with Crippen LogP contribution in [0.5, 0.6) is 0 Å². The number of carbonyl (C=O) groups is 5.